The maximum absolute atomic E-state index is 12.1. The van der Waals surface area contributed by atoms with Gasteiger partial charge >= 0.3 is 11.9 Å². The third-order valence-electron chi connectivity index (χ3n) is 4.15. The van der Waals surface area contributed by atoms with E-state index in [2.05, 4.69) is 0 Å². The summed E-state index contributed by atoms with van der Waals surface area (Å²) in [6, 6.07) is 6.01. The maximum atomic E-state index is 12.1. The summed E-state index contributed by atoms with van der Waals surface area (Å²) in [6.07, 6.45) is -6.38. The van der Waals surface area contributed by atoms with E-state index >= 15 is 0 Å². The Labute approximate surface area is 155 Å². The van der Waals surface area contributed by atoms with E-state index in [1.807, 2.05) is 0 Å². The van der Waals surface area contributed by atoms with Crippen LogP contribution >= 0.6 is 0 Å². The number of hydrogen-bond donors (Lipinski definition) is 4. The lowest BCUT2D eigenvalue weighted by atomic mass is 9.84. The van der Waals surface area contributed by atoms with Crippen LogP contribution in [0.5, 0.6) is 5.75 Å². The van der Waals surface area contributed by atoms with Crippen LogP contribution in [0.1, 0.15) is 12.5 Å². The molecule has 0 heterocycles. The van der Waals surface area contributed by atoms with Crippen LogP contribution in [0, 0.1) is 0 Å². The summed E-state index contributed by atoms with van der Waals surface area (Å²) in [7, 11) is 1.22. The lowest BCUT2D eigenvalue weighted by molar-refractivity contribution is -0.244. The standard InChI is InChI=1S/C18H22O9/c1-9(19)26-18-16(25-2)14(23)13(22)15(24)17(18)27-12(21)8-5-10-3-6-11(20)7-4-10/h3-8,13-18,20,22-24H,1-2H3/b8-5+/t13-,14-,15+,16+,17?,18+/m0/s1. The Morgan fingerprint density at radius 2 is 1.52 bits per heavy atom. The largest absolute Gasteiger partial charge is 0.508 e. The molecular weight excluding hydrogens is 360 g/mol. The van der Waals surface area contributed by atoms with Crippen LogP contribution in [0.2, 0.25) is 0 Å². The number of aromatic hydroxyl groups is 1. The molecule has 9 nitrogen and oxygen atoms in total. The van der Waals surface area contributed by atoms with Crippen molar-refractivity contribution in [2.75, 3.05) is 7.11 Å². The molecule has 0 radical (unpaired) electrons. The second kappa shape index (κ2) is 8.96. The second-order valence-corrected chi connectivity index (χ2v) is 6.07. The molecule has 6 atom stereocenters. The molecule has 0 saturated heterocycles. The van der Waals surface area contributed by atoms with Gasteiger partial charge in [-0.2, -0.15) is 0 Å². The van der Waals surface area contributed by atoms with Gasteiger partial charge in [-0.25, -0.2) is 4.79 Å². The van der Waals surface area contributed by atoms with Crippen molar-refractivity contribution in [1.29, 1.82) is 0 Å². The van der Waals surface area contributed by atoms with Gasteiger partial charge in [-0.3, -0.25) is 4.79 Å². The van der Waals surface area contributed by atoms with E-state index in [1.165, 1.54) is 25.3 Å². The van der Waals surface area contributed by atoms with E-state index in [0.29, 0.717) is 5.56 Å². The van der Waals surface area contributed by atoms with Gasteiger partial charge in [-0.05, 0) is 23.8 Å². The van der Waals surface area contributed by atoms with E-state index in [4.69, 9.17) is 14.2 Å². The summed E-state index contributed by atoms with van der Waals surface area (Å²) in [6.45, 7) is 1.11. The van der Waals surface area contributed by atoms with Crippen LogP contribution in [0.4, 0.5) is 0 Å². The smallest absolute Gasteiger partial charge is 0.331 e. The van der Waals surface area contributed by atoms with Crippen LogP contribution in [0.3, 0.4) is 0 Å². The highest BCUT2D eigenvalue weighted by Gasteiger charge is 2.53. The van der Waals surface area contributed by atoms with Crippen molar-refractivity contribution in [2.24, 2.45) is 0 Å². The van der Waals surface area contributed by atoms with Crippen molar-refractivity contribution >= 4 is 18.0 Å². The zero-order valence-corrected chi connectivity index (χ0v) is 14.8. The first kappa shape index (κ1) is 20.8. The molecule has 1 aliphatic carbocycles. The number of rotatable bonds is 5. The van der Waals surface area contributed by atoms with Gasteiger partial charge in [0.1, 0.15) is 30.2 Å². The lowest BCUT2D eigenvalue weighted by Gasteiger charge is -2.43. The lowest BCUT2D eigenvalue weighted by Crippen LogP contribution is -2.66. The molecule has 0 amide bonds. The average Bonchev–Trinajstić information content (AvgIpc) is 2.63. The van der Waals surface area contributed by atoms with Gasteiger partial charge < -0.3 is 34.6 Å². The quantitative estimate of drug-likeness (QED) is 0.386. The number of benzene rings is 1. The minimum atomic E-state index is -1.69. The molecular formula is C18H22O9. The summed E-state index contributed by atoms with van der Waals surface area (Å²) < 4.78 is 15.3. The van der Waals surface area contributed by atoms with Crippen molar-refractivity contribution < 1.29 is 44.2 Å². The predicted octanol–water partition coefficient (Wildman–Crippen LogP) is -0.640. The van der Waals surface area contributed by atoms with Gasteiger partial charge in [0, 0.05) is 20.1 Å². The monoisotopic (exact) mass is 382 g/mol. The number of esters is 2. The SMILES string of the molecule is CO[C@@H]1[C@@H](O)[C@H](O)[C@@H](O)C(OC(=O)/C=C/c2ccc(O)cc2)[C@@H]1OC(C)=O. The number of aliphatic hydroxyl groups excluding tert-OH is 3. The first-order valence-electron chi connectivity index (χ1n) is 8.16. The first-order valence-corrected chi connectivity index (χ1v) is 8.16. The molecule has 1 unspecified atom stereocenters. The van der Waals surface area contributed by atoms with E-state index in [9.17, 15) is 30.0 Å². The highest BCUT2D eigenvalue weighted by Crippen LogP contribution is 2.28. The minimum absolute atomic E-state index is 0.0717. The molecule has 1 aromatic rings. The van der Waals surface area contributed by atoms with Gasteiger partial charge in [0.15, 0.2) is 12.2 Å². The van der Waals surface area contributed by atoms with Gasteiger partial charge in [0.05, 0.1) is 0 Å². The number of carbonyl (C=O) groups excluding carboxylic acids is 2. The zero-order chi connectivity index (χ0) is 20.1. The maximum Gasteiger partial charge on any atom is 0.331 e. The molecule has 0 spiro atoms. The van der Waals surface area contributed by atoms with Crippen molar-refractivity contribution in [3.05, 3.63) is 35.9 Å². The third kappa shape index (κ3) is 5.04. The number of methoxy groups -OCH3 is 1. The molecule has 1 saturated carbocycles. The molecule has 1 aliphatic rings. The fourth-order valence-corrected chi connectivity index (χ4v) is 2.83. The molecule has 4 N–H and O–H groups in total. The molecule has 9 heteroatoms. The summed E-state index contributed by atoms with van der Waals surface area (Å²) in [5.74, 6) is -1.54. The van der Waals surface area contributed by atoms with Gasteiger partial charge in [0.2, 0.25) is 0 Å². The normalized spacial score (nSPS) is 30.9. The highest BCUT2D eigenvalue weighted by atomic mass is 16.6. The van der Waals surface area contributed by atoms with E-state index < -0.39 is 48.6 Å². The van der Waals surface area contributed by atoms with Crippen LogP contribution < -0.4 is 0 Å². The Balaban J connectivity index is 2.17. The fourth-order valence-electron chi connectivity index (χ4n) is 2.83. The second-order valence-electron chi connectivity index (χ2n) is 6.07. The summed E-state index contributed by atoms with van der Waals surface area (Å²) in [5.41, 5.74) is 0.607. The van der Waals surface area contributed by atoms with Crippen molar-refractivity contribution in [3.8, 4) is 5.75 Å². The first-order chi connectivity index (χ1) is 12.7. The predicted molar refractivity (Wildman–Crippen MR) is 91.4 cm³/mol. The Morgan fingerprint density at radius 1 is 0.926 bits per heavy atom. The summed E-state index contributed by atoms with van der Waals surface area (Å²) in [5, 5.41) is 39.4. The van der Waals surface area contributed by atoms with Crippen molar-refractivity contribution in [1.82, 2.24) is 0 Å². The van der Waals surface area contributed by atoms with Crippen LogP contribution in [0.25, 0.3) is 6.08 Å². The number of ether oxygens (including phenoxy) is 3. The Hall–Kier alpha value is -2.46. The molecule has 27 heavy (non-hydrogen) atoms. The van der Waals surface area contributed by atoms with Crippen LogP contribution in [-0.2, 0) is 23.8 Å². The van der Waals surface area contributed by atoms with Crippen LogP contribution in [0.15, 0.2) is 30.3 Å². The van der Waals surface area contributed by atoms with E-state index in [-0.39, 0.29) is 5.75 Å². The average molecular weight is 382 g/mol. The topological polar surface area (TPSA) is 143 Å². The van der Waals surface area contributed by atoms with E-state index in [1.54, 1.807) is 12.1 Å². The van der Waals surface area contributed by atoms with Crippen LogP contribution in [-0.4, -0.2) is 76.1 Å². The van der Waals surface area contributed by atoms with Gasteiger partial charge in [-0.1, -0.05) is 12.1 Å². The highest BCUT2D eigenvalue weighted by molar-refractivity contribution is 5.87. The van der Waals surface area contributed by atoms with Crippen molar-refractivity contribution in [3.63, 3.8) is 0 Å². The molecule has 0 bridgehead atoms. The Bertz CT molecular complexity index is 685. The summed E-state index contributed by atoms with van der Waals surface area (Å²) in [4.78, 5) is 23.5. The van der Waals surface area contributed by atoms with E-state index in [0.717, 1.165) is 13.0 Å². The molecule has 0 aromatic heterocycles. The van der Waals surface area contributed by atoms with Gasteiger partial charge in [0.25, 0.3) is 0 Å². The number of phenols is 1. The number of aliphatic hydroxyl groups is 3. The summed E-state index contributed by atoms with van der Waals surface area (Å²) >= 11 is 0. The number of hydrogen-bond acceptors (Lipinski definition) is 9. The Kier molecular flexibility index (Phi) is 6.92. The fraction of sp³-hybridized carbons (Fsp3) is 0.444. The van der Waals surface area contributed by atoms with Crippen molar-refractivity contribution in [2.45, 2.75) is 43.5 Å². The molecule has 0 aliphatic heterocycles. The molecule has 148 valence electrons. The molecule has 2 rings (SSSR count). The number of phenolic OH excluding ortho intramolecular Hbond substituents is 1. The van der Waals surface area contributed by atoms with Gasteiger partial charge in [-0.15, -0.1) is 0 Å². The molecule has 1 aromatic carbocycles. The third-order valence-corrected chi connectivity index (χ3v) is 4.15. The zero-order valence-electron chi connectivity index (χ0n) is 14.8. The number of carbonyl (C=O) groups is 2. The Morgan fingerprint density at radius 3 is 2.07 bits per heavy atom. The molecule has 1 fully saturated rings. The minimum Gasteiger partial charge on any atom is -0.508 e.